The third kappa shape index (κ3) is 4.87. The number of rotatable bonds is 9. The Morgan fingerprint density at radius 2 is 0.893 bits per heavy atom. The summed E-state index contributed by atoms with van der Waals surface area (Å²) in [6, 6.07) is -2.70. The highest BCUT2D eigenvalue weighted by atomic mass is 19.4. The van der Waals surface area contributed by atoms with Crippen molar-refractivity contribution in [3.8, 4) is 0 Å². The summed E-state index contributed by atoms with van der Waals surface area (Å²) in [7, 11) is 0. The van der Waals surface area contributed by atoms with E-state index in [0.717, 1.165) is 27.7 Å². The minimum Gasteiger partial charge on any atom is -0.465 e. The molecule has 0 aromatic heterocycles. The van der Waals surface area contributed by atoms with E-state index in [1.807, 2.05) is 0 Å². The summed E-state index contributed by atoms with van der Waals surface area (Å²) < 4.78 is 111. The fraction of sp³-hybridized carbons (Fsp3) is 0.857. The highest BCUT2D eigenvalue weighted by Crippen LogP contribution is 2.53. The molecule has 6 nitrogen and oxygen atoms in total. The van der Waals surface area contributed by atoms with Crippen LogP contribution in [0.4, 0.5) is 44.7 Å². The van der Waals surface area contributed by atoms with Gasteiger partial charge in [-0.25, -0.2) is 9.59 Å². The number of nitrogens with zero attached hydrogens (tertiary/aromatic N) is 2. The first kappa shape index (κ1) is 26.0. The van der Waals surface area contributed by atoms with Gasteiger partial charge in [0.25, 0.3) is 0 Å². The van der Waals surface area contributed by atoms with Gasteiger partial charge in [-0.05, 0) is 27.7 Å². The Bertz CT molecular complexity index is 534. The lowest BCUT2D eigenvalue weighted by molar-refractivity contribution is -0.368. The monoisotopic (exact) mass is 432 g/mol. The first-order valence-corrected chi connectivity index (χ1v) is 7.73. The fourth-order valence-corrected chi connectivity index (χ4v) is 2.03. The van der Waals surface area contributed by atoms with Gasteiger partial charge in [-0.2, -0.15) is 35.1 Å². The summed E-state index contributed by atoms with van der Waals surface area (Å²) >= 11 is 0. The molecule has 0 heterocycles. The maximum absolute atomic E-state index is 13.9. The molecule has 0 rings (SSSR count). The van der Waals surface area contributed by atoms with Crippen LogP contribution < -0.4 is 0 Å². The van der Waals surface area contributed by atoms with Gasteiger partial charge >= 0.3 is 35.9 Å². The van der Waals surface area contributed by atoms with E-state index in [4.69, 9.17) is 10.2 Å². The first-order chi connectivity index (χ1) is 12.2. The van der Waals surface area contributed by atoms with Crippen molar-refractivity contribution in [1.82, 2.24) is 9.80 Å². The highest BCUT2D eigenvalue weighted by Gasteiger charge is 2.80. The van der Waals surface area contributed by atoms with Crippen molar-refractivity contribution in [1.29, 1.82) is 0 Å². The molecule has 0 aliphatic carbocycles. The second kappa shape index (κ2) is 8.15. The number of carboxylic acid groups (broad SMARTS) is 2. The van der Waals surface area contributed by atoms with Crippen molar-refractivity contribution in [2.24, 2.45) is 0 Å². The molecule has 0 saturated heterocycles. The molecule has 0 fully saturated rings. The maximum atomic E-state index is 13.9. The summed E-state index contributed by atoms with van der Waals surface area (Å²) in [5.74, 6) is -25.2. The number of alkyl halides is 8. The molecule has 0 unspecified atom stereocenters. The first-order valence-electron chi connectivity index (χ1n) is 7.73. The fourth-order valence-electron chi connectivity index (χ4n) is 2.03. The van der Waals surface area contributed by atoms with Crippen molar-refractivity contribution in [2.45, 2.75) is 63.5 Å². The van der Waals surface area contributed by atoms with Crippen LogP contribution in [0.15, 0.2) is 0 Å². The Morgan fingerprint density at radius 1 is 0.679 bits per heavy atom. The SMILES string of the molecule is CC(C)N(CC(F)(F)C(F)(F)C(F)(F)C(F)(F)CN(C(=O)O)C(C)C)C(=O)O. The van der Waals surface area contributed by atoms with E-state index in [-0.39, 0.29) is 9.80 Å². The van der Waals surface area contributed by atoms with Crippen molar-refractivity contribution < 1.29 is 54.9 Å². The summed E-state index contributed by atoms with van der Waals surface area (Å²) in [6.07, 6.45) is -4.31. The average Bonchev–Trinajstić information content (AvgIpc) is 2.48. The summed E-state index contributed by atoms with van der Waals surface area (Å²) in [5.41, 5.74) is 0. The van der Waals surface area contributed by atoms with Gasteiger partial charge < -0.3 is 10.2 Å². The Labute approximate surface area is 154 Å². The number of carbonyl (C=O) groups is 2. The molecule has 166 valence electrons. The third-order valence-corrected chi connectivity index (χ3v) is 3.79. The van der Waals surface area contributed by atoms with Gasteiger partial charge in [0.15, 0.2) is 0 Å². The molecule has 0 saturated carbocycles. The molecular formula is C14H20F8N2O4. The van der Waals surface area contributed by atoms with Crippen molar-refractivity contribution in [3.05, 3.63) is 0 Å². The minimum absolute atomic E-state index is 0.320. The predicted molar refractivity (Wildman–Crippen MR) is 79.5 cm³/mol. The summed E-state index contributed by atoms with van der Waals surface area (Å²) in [5, 5.41) is 17.4. The van der Waals surface area contributed by atoms with Gasteiger partial charge in [0, 0.05) is 12.1 Å². The van der Waals surface area contributed by atoms with Crippen molar-refractivity contribution in [3.63, 3.8) is 0 Å². The number of hydrogen-bond donors (Lipinski definition) is 2. The van der Waals surface area contributed by atoms with Crippen LogP contribution in [-0.4, -0.2) is 81.1 Å². The Balaban J connectivity index is 5.99. The molecule has 28 heavy (non-hydrogen) atoms. The molecule has 0 atom stereocenters. The van der Waals surface area contributed by atoms with E-state index in [1.165, 1.54) is 0 Å². The Morgan fingerprint density at radius 3 is 1.04 bits per heavy atom. The number of amides is 2. The van der Waals surface area contributed by atoms with E-state index in [0.29, 0.717) is 0 Å². The largest absolute Gasteiger partial charge is 0.465 e. The van der Waals surface area contributed by atoms with Crippen molar-refractivity contribution >= 4 is 12.2 Å². The van der Waals surface area contributed by atoms with Crippen LogP contribution in [0.1, 0.15) is 27.7 Å². The van der Waals surface area contributed by atoms with Gasteiger partial charge in [0.1, 0.15) is 0 Å². The van der Waals surface area contributed by atoms with Crippen LogP contribution in [0, 0.1) is 0 Å². The van der Waals surface area contributed by atoms with Gasteiger partial charge in [0.2, 0.25) is 0 Å². The number of hydrogen-bond acceptors (Lipinski definition) is 2. The Hall–Kier alpha value is -2.02. The zero-order chi connectivity index (χ0) is 22.9. The van der Waals surface area contributed by atoms with Crippen LogP contribution >= 0.6 is 0 Å². The molecule has 0 aromatic rings. The molecule has 2 amide bonds. The smallest absolute Gasteiger partial charge is 0.407 e. The minimum atomic E-state index is -6.70. The second-order valence-corrected chi connectivity index (χ2v) is 6.57. The van der Waals surface area contributed by atoms with E-state index in [2.05, 4.69) is 0 Å². The van der Waals surface area contributed by atoms with Crippen LogP contribution in [0.3, 0.4) is 0 Å². The highest BCUT2D eigenvalue weighted by molar-refractivity contribution is 5.66. The van der Waals surface area contributed by atoms with Gasteiger partial charge in [-0.3, -0.25) is 9.80 Å². The molecule has 0 aromatic carbocycles. The lowest BCUT2D eigenvalue weighted by atomic mass is 9.97. The van der Waals surface area contributed by atoms with Gasteiger partial charge in [-0.15, -0.1) is 0 Å². The van der Waals surface area contributed by atoms with Crippen LogP contribution in [0.2, 0.25) is 0 Å². The molecule has 0 radical (unpaired) electrons. The second-order valence-electron chi connectivity index (χ2n) is 6.57. The third-order valence-electron chi connectivity index (χ3n) is 3.79. The van der Waals surface area contributed by atoms with E-state index in [1.54, 1.807) is 0 Å². The normalized spacial score (nSPS) is 13.8. The molecule has 0 aliphatic heterocycles. The van der Waals surface area contributed by atoms with Crippen LogP contribution in [0.25, 0.3) is 0 Å². The standard InChI is InChI=1S/C14H20F8N2O4/c1-7(2)23(9(25)26)5-11(15,16)13(19,20)14(21,22)12(17,18)6-24(8(3)4)10(27)28/h7-8H,5-6H2,1-4H3,(H,25,26)(H,27,28). The van der Waals surface area contributed by atoms with Crippen LogP contribution in [0.5, 0.6) is 0 Å². The predicted octanol–water partition coefficient (Wildman–Crippen LogP) is 4.30. The molecule has 0 aliphatic rings. The lowest BCUT2D eigenvalue weighted by Gasteiger charge is -2.40. The topological polar surface area (TPSA) is 81.1 Å². The molecular weight excluding hydrogens is 412 g/mol. The van der Waals surface area contributed by atoms with Gasteiger partial charge in [-0.1, -0.05) is 0 Å². The summed E-state index contributed by atoms with van der Waals surface area (Å²) in [6.45, 7) is -1.06. The molecule has 2 N–H and O–H groups in total. The van der Waals surface area contributed by atoms with Crippen LogP contribution in [-0.2, 0) is 0 Å². The average molecular weight is 432 g/mol. The zero-order valence-electron chi connectivity index (χ0n) is 15.2. The molecule has 0 spiro atoms. The molecule has 14 heteroatoms. The van der Waals surface area contributed by atoms with E-state index < -0.39 is 61.0 Å². The van der Waals surface area contributed by atoms with E-state index in [9.17, 15) is 44.7 Å². The van der Waals surface area contributed by atoms with Crippen molar-refractivity contribution in [2.75, 3.05) is 13.1 Å². The lowest BCUT2D eigenvalue weighted by Crippen LogP contribution is -2.67. The Kier molecular flexibility index (Phi) is 7.56. The van der Waals surface area contributed by atoms with E-state index >= 15 is 0 Å². The number of halogens is 8. The van der Waals surface area contributed by atoms with Gasteiger partial charge in [0.05, 0.1) is 13.1 Å². The molecule has 0 bridgehead atoms. The quantitative estimate of drug-likeness (QED) is 0.533. The summed E-state index contributed by atoms with van der Waals surface area (Å²) in [4.78, 5) is 21.0. The zero-order valence-corrected chi connectivity index (χ0v) is 15.2. The maximum Gasteiger partial charge on any atom is 0.407 e.